The van der Waals surface area contributed by atoms with Crippen molar-refractivity contribution in [3.05, 3.63) is 23.8 Å². The number of aromatic nitrogens is 2. The molecule has 1 saturated heterocycles. The van der Waals surface area contributed by atoms with Crippen LogP contribution in [-0.2, 0) is 21.2 Å². The van der Waals surface area contributed by atoms with Crippen LogP contribution in [-0.4, -0.2) is 60.3 Å². The van der Waals surface area contributed by atoms with Crippen LogP contribution in [0, 0.1) is 0 Å². The molecule has 1 fully saturated rings. The van der Waals surface area contributed by atoms with Gasteiger partial charge in [-0.15, -0.1) is 10.2 Å². The summed E-state index contributed by atoms with van der Waals surface area (Å²) >= 11 is 2.82. The lowest BCUT2D eigenvalue weighted by Crippen LogP contribution is -2.37. The molecule has 0 atom stereocenters. The first-order chi connectivity index (χ1) is 14.8. The molecule has 0 aliphatic carbocycles. The maximum absolute atomic E-state index is 12.9. The first-order valence-electron chi connectivity index (χ1n) is 10.5. The minimum absolute atomic E-state index is 0.00494. The van der Waals surface area contributed by atoms with E-state index in [4.69, 9.17) is 0 Å². The first kappa shape index (κ1) is 22.5. The zero-order valence-electron chi connectivity index (χ0n) is 17.7. The van der Waals surface area contributed by atoms with E-state index in [-0.39, 0.29) is 17.7 Å². The summed E-state index contributed by atoms with van der Waals surface area (Å²) in [4.78, 5) is 15.0. The molecule has 1 N–H and O–H groups in total. The van der Waals surface area contributed by atoms with Crippen LogP contribution in [0.4, 0.5) is 10.8 Å². The maximum Gasteiger partial charge on any atom is 0.243 e. The topological polar surface area (TPSA) is 95.5 Å². The summed E-state index contributed by atoms with van der Waals surface area (Å²) in [6.45, 7) is 5.88. The van der Waals surface area contributed by atoms with Crippen molar-refractivity contribution in [1.29, 1.82) is 0 Å². The Bertz CT molecular complexity index is 1050. The predicted octanol–water partition coefficient (Wildman–Crippen LogP) is 3.21. The minimum atomic E-state index is -3.46. The van der Waals surface area contributed by atoms with Crippen LogP contribution in [0.1, 0.15) is 38.7 Å². The number of nitrogens with one attached hydrogen (secondary N) is 1. The highest BCUT2D eigenvalue weighted by atomic mass is 32.2. The molecule has 3 heterocycles. The number of amides is 1. The summed E-state index contributed by atoms with van der Waals surface area (Å²) in [6, 6.07) is 5.45. The number of thioether (sulfide) groups is 1. The molecule has 8 nitrogen and oxygen atoms in total. The third kappa shape index (κ3) is 5.05. The van der Waals surface area contributed by atoms with E-state index >= 15 is 0 Å². The predicted molar refractivity (Wildman–Crippen MR) is 125 cm³/mol. The second-order valence-electron chi connectivity index (χ2n) is 8.01. The van der Waals surface area contributed by atoms with Gasteiger partial charge in [-0.05, 0) is 63.3 Å². The van der Waals surface area contributed by atoms with Crippen LogP contribution < -0.4 is 10.2 Å². The lowest BCUT2D eigenvalue weighted by atomic mass is 10.0. The number of nitrogens with zero attached hydrogens (tertiary/aromatic N) is 4. The lowest BCUT2D eigenvalue weighted by Gasteiger charge is -2.30. The number of hydrogen-bond donors (Lipinski definition) is 1. The molecule has 0 spiro atoms. The van der Waals surface area contributed by atoms with Gasteiger partial charge in [0.05, 0.1) is 10.6 Å². The Kier molecular flexibility index (Phi) is 6.85. The van der Waals surface area contributed by atoms with Gasteiger partial charge in [0.15, 0.2) is 4.34 Å². The lowest BCUT2D eigenvalue weighted by molar-refractivity contribution is -0.116. The number of sulfonamides is 1. The Hall–Kier alpha value is -1.69. The molecule has 31 heavy (non-hydrogen) atoms. The van der Waals surface area contributed by atoms with E-state index in [1.807, 2.05) is 13.8 Å². The van der Waals surface area contributed by atoms with Crippen molar-refractivity contribution in [3.8, 4) is 0 Å². The summed E-state index contributed by atoms with van der Waals surface area (Å²) in [5.41, 5.74) is 1.74. The van der Waals surface area contributed by atoms with Crippen molar-refractivity contribution in [2.45, 2.75) is 54.8 Å². The Balaban J connectivity index is 1.45. The normalized spacial score (nSPS) is 17.2. The van der Waals surface area contributed by atoms with Crippen molar-refractivity contribution in [2.75, 3.05) is 35.6 Å². The van der Waals surface area contributed by atoms with E-state index in [9.17, 15) is 13.2 Å². The van der Waals surface area contributed by atoms with Crippen LogP contribution in [0.25, 0.3) is 0 Å². The van der Waals surface area contributed by atoms with Gasteiger partial charge >= 0.3 is 0 Å². The van der Waals surface area contributed by atoms with E-state index in [0.29, 0.717) is 24.5 Å². The SMILES string of the molecule is CC(C)Nc1nnc(SCC(=O)N2CCCc3cc(S(=O)(=O)N4CCCC4)ccc32)s1. The Morgan fingerprint density at radius 2 is 1.97 bits per heavy atom. The quantitative estimate of drug-likeness (QED) is 0.607. The molecule has 0 unspecified atom stereocenters. The van der Waals surface area contributed by atoms with Crippen molar-refractivity contribution in [1.82, 2.24) is 14.5 Å². The molecule has 1 amide bonds. The monoisotopic (exact) mass is 481 g/mol. The largest absolute Gasteiger partial charge is 0.358 e. The van der Waals surface area contributed by atoms with Gasteiger partial charge in [-0.1, -0.05) is 23.1 Å². The van der Waals surface area contributed by atoms with Gasteiger partial charge in [0.2, 0.25) is 21.1 Å². The molecule has 11 heteroatoms. The van der Waals surface area contributed by atoms with Gasteiger partial charge in [-0.2, -0.15) is 4.31 Å². The van der Waals surface area contributed by atoms with Gasteiger partial charge in [0.25, 0.3) is 0 Å². The van der Waals surface area contributed by atoms with Gasteiger partial charge in [-0.3, -0.25) is 4.79 Å². The molecule has 4 rings (SSSR count). The first-order valence-corrected chi connectivity index (χ1v) is 13.7. The second kappa shape index (κ2) is 9.43. The number of fused-ring (bicyclic) bond motifs is 1. The van der Waals surface area contributed by atoms with Gasteiger partial charge < -0.3 is 10.2 Å². The minimum Gasteiger partial charge on any atom is -0.358 e. The van der Waals surface area contributed by atoms with E-state index in [1.165, 1.54) is 23.1 Å². The molecule has 168 valence electrons. The summed E-state index contributed by atoms with van der Waals surface area (Å²) in [7, 11) is -3.46. The van der Waals surface area contributed by atoms with Crippen molar-refractivity contribution in [2.24, 2.45) is 0 Å². The summed E-state index contributed by atoms with van der Waals surface area (Å²) in [6.07, 6.45) is 3.41. The fourth-order valence-electron chi connectivity index (χ4n) is 3.85. The van der Waals surface area contributed by atoms with Crippen LogP contribution in [0.5, 0.6) is 0 Å². The molecule has 0 bridgehead atoms. The number of benzene rings is 1. The van der Waals surface area contributed by atoms with Gasteiger partial charge in [0.1, 0.15) is 0 Å². The second-order valence-corrected chi connectivity index (χ2v) is 12.1. The standard InChI is InChI=1S/C20H27N5O3S3/c1-14(2)21-19-22-23-20(30-19)29-13-18(26)25-11-5-6-15-12-16(7-8-17(15)25)31(27,28)24-9-3-4-10-24/h7-8,12,14H,3-6,9-11,13H2,1-2H3,(H,21,22). The highest BCUT2D eigenvalue weighted by Crippen LogP contribution is 2.33. The van der Waals surface area contributed by atoms with Gasteiger partial charge in [0, 0.05) is 31.4 Å². The number of aryl methyl sites for hydroxylation is 1. The molecule has 0 saturated carbocycles. The van der Waals surface area contributed by atoms with E-state index in [0.717, 1.165) is 46.4 Å². The third-order valence-electron chi connectivity index (χ3n) is 5.31. The Morgan fingerprint density at radius 3 is 2.71 bits per heavy atom. The number of anilines is 2. The molecule has 1 aromatic heterocycles. The van der Waals surface area contributed by atoms with Crippen LogP contribution in [0.3, 0.4) is 0 Å². The van der Waals surface area contributed by atoms with Crippen molar-refractivity contribution in [3.63, 3.8) is 0 Å². The molecule has 1 aromatic carbocycles. The van der Waals surface area contributed by atoms with Crippen LogP contribution >= 0.6 is 23.1 Å². The zero-order valence-corrected chi connectivity index (χ0v) is 20.2. The van der Waals surface area contributed by atoms with Crippen LogP contribution in [0.2, 0.25) is 0 Å². The van der Waals surface area contributed by atoms with Crippen molar-refractivity contribution < 1.29 is 13.2 Å². The van der Waals surface area contributed by atoms with E-state index in [1.54, 1.807) is 27.4 Å². The molecule has 2 aliphatic heterocycles. The smallest absolute Gasteiger partial charge is 0.243 e. The number of carbonyl (C=O) groups is 1. The average Bonchev–Trinajstić information content (AvgIpc) is 3.43. The van der Waals surface area contributed by atoms with E-state index < -0.39 is 10.0 Å². The third-order valence-corrected chi connectivity index (χ3v) is 9.18. The highest BCUT2D eigenvalue weighted by Gasteiger charge is 2.29. The number of rotatable bonds is 7. The fraction of sp³-hybridized carbons (Fsp3) is 0.550. The zero-order chi connectivity index (χ0) is 22.0. The fourth-order valence-corrected chi connectivity index (χ4v) is 7.19. The maximum atomic E-state index is 12.9. The molecule has 0 radical (unpaired) electrons. The Morgan fingerprint density at radius 1 is 1.19 bits per heavy atom. The molecular weight excluding hydrogens is 454 g/mol. The van der Waals surface area contributed by atoms with E-state index in [2.05, 4.69) is 15.5 Å². The number of hydrogen-bond acceptors (Lipinski definition) is 8. The average molecular weight is 482 g/mol. The molecule has 2 aromatic rings. The Labute approximate surface area is 191 Å². The summed E-state index contributed by atoms with van der Waals surface area (Å²) in [5.74, 6) is 0.263. The summed E-state index contributed by atoms with van der Waals surface area (Å²) in [5, 5.41) is 12.2. The van der Waals surface area contributed by atoms with Gasteiger partial charge in [-0.25, -0.2) is 8.42 Å². The molecule has 2 aliphatic rings. The van der Waals surface area contributed by atoms with Crippen LogP contribution in [0.15, 0.2) is 27.4 Å². The van der Waals surface area contributed by atoms with Crippen molar-refractivity contribution >= 4 is 49.8 Å². The summed E-state index contributed by atoms with van der Waals surface area (Å²) < 4.78 is 28.1. The highest BCUT2D eigenvalue weighted by molar-refractivity contribution is 8.01. The molecular formula is C20H27N5O3S3. The number of carbonyl (C=O) groups excluding carboxylic acids is 1.